The number of hydrogen-bond acceptors (Lipinski definition) is 4. The van der Waals surface area contributed by atoms with Gasteiger partial charge in [-0.2, -0.15) is 12.6 Å². The maximum atomic E-state index is 11.7. The fourth-order valence-electron chi connectivity index (χ4n) is 1.75. The molecule has 0 spiro atoms. The predicted octanol–water partition coefficient (Wildman–Crippen LogP) is 2.41. The number of hydrogen-bond donors (Lipinski definition) is 1. The summed E-state index contributed by atoms with van der Waals surface area (Å²) in [5, 5.41) is 10.8. The van der Waals surface area contributed by atoms with Crippen molar-refractivity contribution < 1.29 is 4.92 Å². The largest absolute Gasteiger partial charge is 0.309 e. The molecule has 0 aliphatic heterocycles. The molecule has 1 unspecified atom stereocenters. The normalized spacial score (nSPS) is 12.4. The number of nitrogens with zero attached hydrogens (tertiary/aromatic N) is 2. The van der Waals surface area contributed by atoms with Gasteiger partial charge in [-0.25, -0.2) is 0 Å². The molecule has 0 saturated heterocycles. The molecule has 0 amide bonds. The summed E-state index contributed by atoms with van der Waals surface area (Å²) >= 11 is 4.16. The molecule has 0 aliphatic rings. The summed E-state index contributed by atoms with van der Waals surface area (Å²) in [7, 11) is 0. The standard InChI is InChI=1S/C12H18N2O3S/c1-9(4-6-18)3-5-13-8-11(14(16)17)10(2)7-12(13)15/h7-9,18H,3-6H2,1-2H3. The minimum atomic E-state index is -0.456. The first kappa shape index (κ1) is 14.8. The number of rotatable bonds is 6. The van der Waals surface area contributed by atoms with Crippen molar-refractivity contribution in [1.29, 1.82) is 0 Å². The Labute approximate surface area is 111 Å². The van der Waals surface area contributed by atoms with Crippen molar-refractivity contribution in [1.82, 2.24) is 4.57 Å². The molecule has 0 bridgehead atoms. The van der Waals surface area contributed by atoms with Gasteiger partial charge in [0.15, 0.2) is 0 Å². The second-order valence-electron chi connectivity index (χ2n) is 4.54. The van der Waals surface area contributed by atoms with Crippen molar-refractivity contribution in [3.8, 4) is 0 Å². The van der Waals surface area contributed by atoms with Gasteiger partial charge >= 0.3 is 0 Å². The molecule has 100 valence electrons. The van der Waals surface area contributed by atoms with Crippen LogP contribution in [-0.2, 0) is 6.54 Å². The zero-order chi connectivity index (χ0) is 13.7. The van der Waals surface area contributed by atoms with Crippen LogP contribution in [0.25, 0.3) is 0 Å². The van der Waals surface area contributed by atoms with Crippen LogP contribution < -0.4 is 5.56 Å². The third-order valence-electron chi connectivity index (χ3n) is 2.99. The van der Waals surface area contributed by atoms with E-state index in [4.69, 9.17) is 0 Å². The van der Waals surface area contributed by atoms with Crippen molar-refractivity contribution in [2.24, 2.45) is 5.92 Å². The van der Waals surface area contributed by atoms with E-state index in [9.17, 15) is 14.9 Å². The van der Waals surface area contributed by atoms with E-state index in [0.29, 0.717) is 18.0 Å². The highest BCUT2D eigenvalue weighted by Crippen LogP contribution is 2.15. The SMILES string of the molecule is Cc1cc(=O)n(CCC(C)CCS)cc1[N+](=O)[O-]. The molecule has 1 aromatic heterocycles. The van der Waals surface area contributed by atoms with Gasteiger partial charge in [0.25, 0.3) is 11.2 Å². The molecule has 0 N–H and O–H groups in total. The molecule has 0 aliphatic carbocycles. The molecule has 1 aromatic rings. The van der Waals surface area contributed by atoms with Crippen LogP contribution in [0.1, 0.15) is 25.3 Å². The van der Waals surface area contributed by atoms with E-state index in [1.807, 2.05) is 0 Å². The molecule has 6 heteroatoms. The minimum absolute atomic E-state index is 0.00329. The number of aromatic nitrogens is 1. The van der Waals surface area contributed by atoms with Gasteiger partial charge in [-0.05, 0) is 31.4 Å². The zero-order valence-electron chi connectivity index (χ0n) is 10.6. The third kappa shape index (κ3) is 3.87. The summed E-state index contributed by atoms with van der Waals surface area (Å²) in [6.45, 7) is 4.17. The maximum absolute atomic E-state index is 11.7. The van der Waals surface area contributed by atoms with Crippen molar-refractivity contribution in [2.75, 3.05) is 5.75 Å². The van der Waals surface area contributed by atoms with Crippen LogP contribution in [0.5, 0.6) is 0 Å². The first-order valence-electron chi connectivity index (χ1n) is 5.92. The second-order valence-corrected chi connectivity index (χ2v) is 4.98. The average molecular weight is 270 g/mol. The lowest BCUT2D eigenvalue weighted by atomic mass is 10.1. The highest BCUT2D eigenvalue weighted by atomic mass is 32.1. The van der Waals surface area contributed by atoms with E-state index in [-0.39, 0.29) is 11.2 Å². The van der Waals surface area contributed by atoms with Crippen LogP contribution in [0.4, 0.5) is 5.69 Å². The molecule has 1 rings (SSSR count). The summed E-state index contributed by atoms with van der Waals surface area (Å²) < 4.78 is 1.42. The van der Waals surface area contributed by atoms with Crippen LogP contribution in [0, 0.1) is 23.0 Å². The van der Waals surface area contributed by atoms with Gasteiger partial charge in [-0.3, -0.25) is 14.9 Å². The van der Waals surface area contributed by atoms with Gasteiger partial charge in [0, 0.05) is 18.2 Å². The monoisotopic (exact) mass is 270 g/mol. The summed E-state index contributed by atoms with van der Waals surface area (Å²) in [6, 6.07) is 1.32. The predicted molar refractivity (Wildman–Crippen MR) is 74.3 cm³/mol. The molecule has 18 heavy (non-hydrogen) atoms. The van der Waals surface area contributed by atoms with Crippen LogP contribution in [0.15, 0.2) is 17.1 Å². The molecular weight excluding hydrogens is 252 g/mol. The van der Waals surface area contributed by atoms with Gasteiger partial charge in [0.05, 0.1) is 11.1 Å². The third-order valence-corrected chi connectivity index (χ3v) is 3.24. The van der Waals surface area contributed by atoms with Crippen molar-refractivity contribution in [2.45, 2.75) is 33.2 Å². The fraction of sp³-hybridized carbons (Fsp3) is 0.583. The van der Waals surface area contributed by atoms with Gasteiger partial charge < -0.3 is 4.57 Å². The molecule has 5 nitrogen and oxygen atoms in total. The molecule has 0 fully saturated rings. The van der Waals surface area contributed by atoms with Crippen LogP contribution >= 0.6 is 12.6 Å². The van der Waals surface area contributed by atoms with Crippen LogP contribution in [0.2, 0.25) is 0 Å². The topological polar surface area (TPSA) is 65.1 Å². The zero-order valence-corrected chi connectivity index (χ0v) is 11.5. The van der Waals surface area contributed by atoms with E-state index in [1.165, 1.54) is 16.8 Å². The first-order valence-corrected chi connectivity index (χ1v) is 6.55. The van der Waals surface area contributed by atoms with Gasteiger partial charge in [-0.15, -0.1) is 0 Å². The first-order chi connectivity index (χ1) is 8.45. The fourth-order valence-corrected chi connectivity index (χ4v) is 2.19. The molecule has 0 saturated carbocycles. The number of nitro groups is 1. The number of pyridine rings is 1. The highest BCUT2D eigenvalue weighted by Gasteiger charge is 2.13. The van der Waals surface area contributed by atoms with E-state index in [1.54, 1.807) is 6.92 Å². The lowest BCUT2D eigenvalue weighted by Gasteiger charge is -2.11. The highest BCUT2D eigenvalue weighted by molar-refractivity contribution is 7.80. The van der Waals surface area contributed by atoms with Gasteiger partial charge in [0.1, 0.15) is 0 Å². The van der Waals surface area contributed by atoms with E-state index in [2.05, 4.69) is 19.6 Å². The Morgan fingerprint density at radius 2 is 2.17 bits per heavy atom. The van der Waals surface area contributed by atoms with Gasteiger partial charge in [-0.1, -0.05) is 6.92 Å². The van der Waals surface area contributed by atoms with Crippen LogP contribution in [0.3, 0.4) is 0 Å². The summed E-state index contributed by atoms with van der Waals surface area (Å²) in [6.07, 6.45) is 3.14. The summed E-state index contributed by atoms with van der Waals surface area (Å²) in [4.78, 5) is 22.1. The van der Waals surface area contributed by atoms with Crippen LogP contribution in [-0.4, -0.2) is 15.2 Å². The van der Waals surface area contributed by atoms with E-state index >= 15 is 0 Å². The van der Waals surface area contributed by atoms with E-state index in [0.717, 1.165) is 18.6 Å². The van der Waals surface area contributed by atoms with E-state index < -0.39 is 4.92 Å². The number of thiol groups is 1. The summed E-state index contributed by atoms with van der Waals surface area (Å²) in [5.74, 6) is 1.26. The van der Waals surface area contributed by atoms with Crippen molar-refractivity contribution in [3.63, 3.8) is 0 Å². The Hall–Kier alpha value is -1.30. The molecule has 1 atom stereocenters. The smallest absolute Gasteiger partial charge is 0.288 e. The maximum Gasteiger partial charge on any atom is 0.288 e. The molecule has 1 heterocycles. The Bertz CT molecular complexity index is 485. The Kier molecular flexibility index (Phi) is 5.40. The minimum Gasteiger partial charge on any atom is -0.309 e. The Balaban J connectivity index is 2.86. The second kappa shape index (κ2) is 6.58. The lowest BCUT2D eigenvalue weighted by molar-refractivity contribution is -0.385. The Morgan fingerprint density at radius 3 is 2.72 bits per heavy atom. The van der Waals surface area contributed by atoms with Gasteiger partial charge in [0.2, 0.25) is 0 Å². The number of aryl methyl sites for hydroxylation is 2. The molecule has 0 aromatic carbocycles. The summed E-state index contributed by atoms with van der Waals surface area (Å²) in [5.41, 5.74) is 0.220. The molecular formula is C12H18N2O3S. The van der Waals surface area contributed by atoms with Crippen molar-refractivity contribution >= 4 is 18.3 Å². The quantitative estimate of drug-likeness (QED) is 0.490. The average Bonchev–Trinajstić information content (AvgIpc) is 2.27. The lowest BCUT2D eigenvalue weighted by Crippen LogP contribution is -2.21. The molecule has 0 radical (unpaired) electrons. The van der Waals surface area contributed by atoms with Crippen molar-refractivity contribution in [3.05, 3.63) is 38.3 Å². The Morgan fingerprint density at radius 1 is 1.50 bits per heavy atom.